The fraction of sp³-hybridized carbons (Fsp3) is 0.0769. The van der Waals surface area contributed by atoms with Gasteiger partial charge in [-0.15, -0.1) is 0 Å². The first kappa shape index (κ1) is 10.6. The SMILES string of the molecule is Cc1ccc(-c2onc(N)c2-c2cccnc2)o1. The molecule has 2 N–H and O–H groups in total. The number of furan rings is 1. The average molecular weight is 241 g/mol. The molecular formula is C13H11N3O2. The van der Waals surface area contributed by atoms with Crippen molar-refractivity contribution in [2.75, 3.05) is 5.73 Å². The summed E-state index contributed by atoms with van der Waals surface area (Å²) < 4.78 is 10.8. The van der Waals surface area contributed by atoms with Gasteiger partial charge in [-0.1, -0.05) is 11.2 Å². The Kier molecular flexibility index (Phi) is 2.37. The van der Waals surface area contributed by atoms with Gasteiger partial charge >= 0.3 is 0 Å². The highest BCUT2D eigenvalue weighted by Crippen LogP contribution is 2.36. The molecule has 0 bridgehead atoms. The molecule has 3 aromatic heterocycles. The maximum atomic E-state index is 5.84. The van der Waals surface area contributed by atoms with E-state index in [1.807, 2.05) is 31.2 Å². The Bertz CT molecular complexity index is 671. The normalized spacial score (nSPS) is 10.7. The zero-order chi connectivity index (χ0) is 12.5. The molecule has 0 amide bonds. The smallest absolute Gasteiger partial charge is 0.212 e. The number of nitrogen functional groups attached to an aromatic ring is 1. The van der Waals surface area contributed by atoms with E-state index in [0.717, 1.165) is 11.3 Å². The molecule has 5 heteroatoms. The number of anilines is 1. The van der Waals surface area contributed by atoms with E-state index in [4.69, 9.17) is 14.7 Å². The average Bonchev–Trinajstić information content (AvgIpc) is 2.96. The molecule has 0 saturated heterocycles. The number of hydrogen-bond acceptors (Lipinski definition) is 5. The van der Waals surface area contributed by atoms with Gasteiger partial charge in [-0.3, -0.25) is 4.98 Å². The molecule has 0 fully saturated rings. The standard InChI is InChI=1S/C13H11N3O2/c1-8-4-5-10(17-8)12-11(13(14)16-18-12)9-3-2-6-15-7-9/h2-7H,1H3,(H2,14,16). The topological polar surface area (TPSA) is 78.1 Å². The quantitative estimate of drug-likeness (QED) is 0.746. The summed E-state index contributed by atoms with van der Waals surface area (Å²) in [5.74, 6) is 2.26. The molecule has 0 spiro atoms. The fourth-order valence-electron chi connectivity index (χ4n) is 1.82. The van der Waals surface area contributed by atoms with Crippen molar-refractivity contribution in [3.63, 3.8) is 0 Å². The lowest BCUT2D eigenvalue weighted by molar-refractivity contribution is 0.418. The van der Waals surface area contributed by atoms with Crippen molar-refractivity contribution < 1.29 is 8.94 Å². The molecule has 0 aromatic carbocycles. The van der Waals surface area contributed by atoms with Gasteiger partial charge < -0.3 is 14.7 Å². The zero-order valence-electron chi connectivity index (χ0n) is 9.75. The fourth-order valence-corrected chi connectivity index (χ4v) is 1.82. The van der Waals surface area contributed by atoms with Crippen LogP contribution in [-0.4, -0.2) is 10.1 Å². The first-order valence-electron chi connectivity index (χ1n) is 5.48. The van der Waals surface area contributed by atoms with Gasteiger partial charge in [-0.05, 0) is 25.1 Å². The first-order valence-corrected chi connectivity index (χ1v) is 5.48. The minimum atomic E-state index is 0.326. The van der Waals surface area contributed by atoms with E-state index in [1.54, 1.807) is 12.4 Å². The highest BCUT2D eigenvalue weighted by molar-refractivity contribution is 5.84. The third-order valence-electron chi connectivity index (χ3n) is 2.63. The monoisotopic (exact) mass is 241 g/mol. The minimum Gasteiger partial charge on any atom is -0.458 e. The summed E-state index contributed by atoms with van der Waals surface area (Å²) in [5.41, 5.74) is 7.40. The molecule has 0 atom stereocenters. The first-order chi connectivity index (χ1) is 8.75. The van der Waals surface area contributed by atoms with E-state index < -0.39 is 0 Å². The molecule has 3 heterocycles. The molecule has 5 nitrogen and oxygen atoms in total. The summed E-state index contributed by atoms with van der Waals surface area (Å²) in [7, 11) is 0. The van der Waals surface area contributed by atoms with Gasteiger partial charge in [0.05, 0.1) is 5.56 Å². The summed E-state index contributed by atoms with van der Waals surface area (Å²) in [4.78, 5) is 4.07. The highest BCUT2D eigenvalue weighted by Gasteiger charge is 2.19. The van der Waals surface area contributed by atoms with Crippen LogP contribution in [0.3, 0.4) is 0 Å². The second-order valence-corrected chi connectivity index (χ2v) is 3.92. The Morgan fingerprint density at radius 1 is 1.22 bits per heavy atom. The maximum Gasteiger partial charge on any atom is 0.212 e. The van der Waals surface area contributed by atoms with Crippen LogP contribution in [0.1, 0.15) is 5.76 Å². The van der Waals surface area contributed by atoms with Crippen molar-refractivity contribution in [1.82, 2.24) is 10.1 Å². The summed E-state index contributed by atoms with van der Waals surface area (Å²) in [6, 6.07) is 7.42. The van der Waals surface area contributed by atoms with E-state index in [-0.39, 0.29) is 0 Å². The van der Waals surface area contributed by atoms with Gasteiger partial charge in [0, 0.05) is 18.0 Å². The second-order valence-electron chi connectivity index (χ2n) is 3.92. The maximum absolute atomic E-state index is 5.84. The van der Waals surface area contributed by atoms with Crippen molar-refractivity contribution >= 4 is 5.82 Å². The Labute approximate surface area is 103 Å². The van der Waals surface area contributed by atoms with E-state index >= 15 is 0 Å². The third kappa shape index (κ3) is 1.66. The lowest BCUT2D eigenvalue weighted by Crippen LogP contribution is -1.88. The Balaban J connectivity index is 2.18. The summed E-state index contributed by atoms with van der Waals surface area (Å²) >= 11 is 0. The summed E-state index contributed by atoms with van der Waals surface area (Å²) in [6.45, 7) is 1.87. The van der Waals surface area contributed by atoms with Gasteiger partial charge in [0.1, 0.15) is 5.76 Å². The Hall–Kier alpha value is -2.56. The lowest BCUT2D eigenvalue weighted by Gasteiger charge is -1.99. The van der Waals surface area contributed by atoms with Crippen molar-refractivity contribution in [1.29, 1.82) is 0 Å². The van der Waals surface area contributed by atoms with E-state index in [0.29, 0.717) is 22.9 Å². The molecule has 90 valence electrons. The van der Waals surface area contributed by atoms with E-state index in [2.05, 4.69) is 10.1 Å². The van der Waals surface area contributed by atoms with Crippen LogP contribution in [0.2, 0.25) is 0 Å². The molecule has 0 aliphatic heterocycles. The van der Waals surface area contributed by atoms with Gasteiger partial charge in [0.15, 0.2) is 11.6 Å². The molecule has 18 heavy (non-hydrogen) atoms. The Morgan fingerprint density at radius 3 is 2.78 bits per heavy atom. The number of nitrogens with two attached hydrogens (primary N) is 1. The molecule has 3 aromatic rings. The van der Waals surface area contributed by atoms with E-state index in [9.17, 15) is 0 Å². The minimum absolute atomic E-state index is 0.326. The highest BCUT2D eigenvalue weighted by atomic mass is 16.5. The molecular weight excluding hydrogens is 230 g/mol. The number of aromatic nitrogens is 2. The van der Waals surface area contributed by atoms with Crippen LogP contribution >= 0.6 is 0 Å². The number of rotatable bonds is 2. The van der Waals surface area contributed by atoms with Crippen molar-refractivity contribution in [3.8, 4) is 22.6 Å². The number of nitrogens with zero attached hydrogens (tertiary/aromatic N) is 2. The predicted octanol–water partition coefficient (Wildman–Crippen LogP) is 2.89. The van der Waals surface area contributed by atoms with Crippen LogP contribution in [0.5, 0.6) is 0 Å². The predicted molar refractivity (Wildman–Crippen MR) is 66.6 cm³/mol. The van der Waals surface area contributed by atoms with Gasteiger partial charge in [0.25, 0.3) is 0 Å². The van der Waals surface area contributed by atoms with Crippen LogP contribution in [-0.2, 0) is 0 Å². The van der Waals surface area contributed by atoms with Crippen molar-refractivity contribution in [2.24, 2.45) is 0 Å². The number of aryl methyl sites for hydroxylation is 1. The largest absolute Gasteiger partial charge is 0.458 e. The van der Waals surface area contributed by atoms with Crippen LogP contribution in [0.4, 0.5) is 5.82 Å². The van der Waals surface area contributed by atoms with Crippen LogP contribution in [0, 0.1) is 6.92 Å². The molecule has 0 aliphatic carbocycles. The summed E-state index contributed by atoms with van der Waals surface area (Å²) in [5, 5.41) is 3.79. The van der Waals surface area contributed by atoms with Crippen LogP contribution in [0.25, 0.3) is 22.6 Å². The molecule has 0 radical (unpaired) electrons. The van der Waals surface area contributed by atoms with Crippen molar-refractivity contribution in [3.05, 3.63) is 42.4 Å². The molecule has 0 unspecified atom stereocenters. The Morgan fingerprint density at radius 2 is 2.11 bits per heavy atom. The van der Waals surface area contributed by atoms with Gasteiger partial charge in [-0.25, -0.2) is 0 Å². The third-order valence-corrected chi connectivity index (χ3v) is 2.63. The molecule has 3 rings (SSSR count). The van der Waals surface area contributed by atoms with Gasteiger partial charge in [0.2, 0.25) is 5.76 Å². The number of hydrogen-bond donors (Lipinski definition) is 1. The lowest BCUT2D eigenvalue weighted by atomic mass is 10.1. The zero-order valence-corrected chi connectivity index (χ0v) is 9.75. The van der Waals surface area contributed by atoms with Crippen LogP contribution < -0.4 is 5.73 Å². The second kappa shape index (κ2) is 4.03. The van der Waals surface area contributed by atoms with Gasteiger partial charge in [-0.2, -0.15) is 0 Å². The van der Waals surface area contributed by atoms with Crippen LogP contribution in [0.15, 0.2) is 45.6 Å². The molecule has 0 aliphatic rings. The molecule has 0 saturated carbocycles. The summed E-state index contributed by atoms with van der Waals surface area (Å²) in [6.07, 6.45) is 3.41. The number of pyridine rings is 1. The van der Waals surface area contributed by atoms with E-state index in [1.165, 1.54) is 0 Å². The van der Waals surface area contributed by atoms with Crippen molar-refractivity contribution in [2.45, 2.75) is 6.92 Å².